The Hall–Kier alpha value is -0.120. The van der Waals surface area contributed by atoms with Gasteiger partial charge in [0.15, 0.2) is 6.29 Å². The van der Waals surface area contributed by atoms with E-state index in [1.807, 2.05) is 13.8 Å². The molecule has 0 saturated carbocycles. The molecule has 0 bridgehead atoms. The molecule has 3 nitrogen and oxygen atoms in total. The van der Waals surface area contributed by atoms with E-state index in [0.717, 1.165) is 13.0 Å². The van der Waals surface area contributed by atoms with Crippen LogP contribution in [0.1, 0.15) is 26.7 Å². The van der Waals surface area contributed by atoms with Crippen molar-refractivity contribution in [3.05, 3.63) is 0 Å². The Morgan fingerprint density at radius 3 is 2.17 bits per heavy atom. The van der Waals surface area contributed by atoms with E-state index in [4.69, 9.17) is 9.47 Å². The Morgan fingerprint density at radius 1 is 1.25 bits per heavy atom. The zero-order chi connectivity index (χ0) is 9.40. The second kappa shape index (κ2) is 7.53. The smallest absolute Gasteiger partial charge is 0.171 e. The molecule has 1 rings (SSSR count). The summed E-state index contributed by atoms with van der Waals surface area (Å²) in [7, 11) is 3.35. The first-order valence-electron chi connectivity index (χ1n) is 4.67. The molecule has 1 fully saturated rings. The molecule has 1 unspecified atom stereocenters. The monoisotopic (exact) mass is 175 g/mol. The van der Waals surface area contributed by atoms with Crippen molar-refractivity contribution in [1.29, 1.82) is 0 Å². The molecular formula is C9H21NO2. The first kappa shape index (κ1) is 11.9. The molecule has 12 heavy (non-hydrogen) atoms. The average Bonchev–Trinajstić information content (AvgIpc) is 2.64. The molecule has 0 aromatic heterocycles. The number of rotatable bonds is 3. The topological polar surface area (TPSA) is 30.5 Å². The number of methoxy groups -OCH3 is 2. The van der Waals surface area contributed by atoms with Gasteiger partial charge in [0, 0.05) is 14.2 Å². The highest BCUT2D eigenvalue weighted by Crippen LogP contribution is 2.11. The van der Waals surface area contributed by atoms with Crippen molar-refractivity contribution in [2.45, 2.75) is 39.0 Å². The van der Waals surface area contributed by atoms with Crippen LogP contribution in [0, 0.1) is 0 Å². The third kappa shape index (κ3) is 3.52. The molecule has 3 heteroatoms. The number of nitrogens with one attached hydrogen (secondary N) is 1. The van der Waals surface area contributed by atoms with Crippen LogP contribution in [0.3, 0.4) is 0 Å². The van der Waals surface area contributed by atoms with Gasteiger partial charge in [0.2, 0.25) is 0 Å². The third-order valence-electron chi connectivity index (χ3n) is 1.89. The molecule has 0 amide bonds. The zero-order valence-electron chi connectivity index (χ0n) is 8.59. The highest BCUT2D eigenvalue weighted by atomic mass is 16.7. The quantitative estimate of drug-likeness (QED) is 0.657. The van der Waals surface area contributed by atoms with Crippen molar-refractivity contribution >= 4 is 0 Å². The maximum atomic E-state index is 5.10. The molecular weight excluding hydrogens is 154 g/mol. The Balaban J connectivity index is 0.000000561. The molecule has 1 aliphatic rings. The van der Waals surface area contributed by atoms with Crippen LogP contribution in [-0.2, 0) is 9.47 Å². The molecule has 74 valence electrons. The first-order valence-corrected chi connectivity index (χ1v) is 4.67. The molecule has 0 aliphatic carbocycles. The fourth-order valence-electron chi connectivity index (χ4n) is 1.37. The minimum atomic E-state index is -0.0671. The van der Waals surface area contributed by atoms with E-state index >= 15 is 0 Å². The van der Waals surface area contributed by atoms with Gasteiger partial charge in [-0.05, 0) is 19.4 Å². The van der Waals surface area contributed by atoms with Crippen LogP contribution < -0.4 is 5.32 Å². The van der Waals surface area contributed by atoms with Gasteiger partial charge in [0.25, 0.3) is 0 Å². The first-order chi connectivity index (χ1) is 5.88. The van der Waals surface area contributed by atoms with Gasteiger partial charge in [0.05, 0.1) is 6.04 Å². The Morgan fingerprint density at radius 2 is 1.83 bits per heavy atom. The van der Waals surface area contributed by atoms with Crippen LogP contribution in [0.25, 0.3) is 0 Å². The van der Waals surface area contributed by atoms with Crippen molar-refractivity contribution in [3.63, 3.8) is 0 Å². The fraction of sp³-hybridized carbons (Fsp3) is 1.00. The lowest BCUT2D eigenvalue weighted by Crippen LogP contribution is -2.37. The molecule has 1 atom stereocenters. The lowest BCUT2D eigenvalue weighted by Gasteiger charge is -2.19. The molecule has 0 aromatic rings. The van der Waals surface area contributed by atoms with Crippen molar-refractivity contribution in [2.75, 3.05) is 20.8 Å². The lowest BCUT2D eigenvalue weighted by atomic mass is 10.2. The highest BCUT2D eigenvalue weighted by Gasteiger charge is 2.23. The minimum Gasteiger partial charge on any atom is -0.354 e. The summed E-state index contributed by atoms with van der Waals surface area (Å²) in [6, 6.07) is 0.398. The van der Waals surface area contributed by atoms with E-state index in [2.05, 4.69) is 5.32 Å². The van der Waals surface area contributed by atoms with Gasteiger partial charge >= 0.3 is 0 Å². The van der Waals surface area contributed by atoms with E-state index in [9.17, 15) is 0 Å². The minimum absolute atomic E-state index is 0.0671. The van der Waals surface area contributed by atoms with Gasteiger partial charge in [-0.25, -0.2) is 0 Å². The lowest BCUT2D eigenvalue weighted by molar-refractivity contribution is -0.119. The van der Waals surface area contributed by atoms with E-state index in [1.165, 1.54) is 6.42 Å². The second-order valence-electron chi connectivity index (χ2n) is 2.54. The maximum Gasteiger partial charge on any atom is 0.171 e. The summed E-state index contributed by atoms with van der Waals surface area (Å²) >= 11 is 0. The predicted octanol–water partition coefficient (Wildman–Crippen LogP) is 1.38. The molecule has 1 saturated heterocycles. The van der Waals surface area contributed by atoms with E-state index < -0.39 is 0 Å². The van der Waals surface area contributed by atoms with Gasteiger partial charge in [-0.3, -0.25) is 0 Å². The van der Waals surface area contributed by atoms with Crippen molar-refractivity contribution in [1.82, 2.24) is 5.32 Å². The van der Waals surface area contributed by atoms with Crippen LogP contribution >= 0.6 is 0 Å². The Bertz CT molecular complexity index is 88.5. The van der Waals surface area contributed by atoms with Gasteiger partial charge in [-0.1, -0.05) is 13.8 Å². The van der Waals surface area contributed by atoms with Gasteiger partial charge < -0.3 is 14.8 Å². The van der Waals surface area contributed by atoms with Crippen LogP contribution in [0.15, 0.2) is 0 Å². The van der Waals surface area contributed by atoms with Crippen molar-refractivity contribution < 1.29 is 9.47 Å². The van der Waals surface area contributed by atoms with E-state index in [0.29, 0.717) is 6.04 Å². The number of hydrogen-bond donors (Lipinski definition) is 1. The van der Waals surface area contributed by atoms with E-state index in [-0.39, 0.29) is 6.29 Å². The Kier molecular flexibility index (Phi) is 7.45. The summed E-state index contributed by atoms with van der Waals surface area (Å²) in [5.74, 6) is 0. The van der Waals surface area contributed by atoms with Crippen molar-refractivity contribution in [2.24, 2.45) is 0 Å². The third-order valence-corrected chi connectivity index (χ3v) is 1.89. The highest BCUT2D eigenvalue weighted by molar-refractivity contribution is 4.76. The number of hydrogen-bond acceptors (Lipinski definition) is 3. The normalized spacial score (nSPS) is 22.2. The molecule has 1 aliphatic heterocycles. The maximum absolute atomic E-state index is 5.10. The summed E-state index contributed by atoms with van der Waals surface area (Å²) in [6.07, 6.45) is 2.32. The van der Waals surface area contributed by atoms with Crippen LogP contribution in [0.4, 0.5) is 0 Å². The zero-order valence-corrected chi connectivity index (χ0v) is 8.59. The molecule has 1 heterocycles. The Labute approximate surface area is 75.4 Å². The molecule has 0 radical (unpaired) electrons. The average molecular weight is 175 g/mol. The fourth-order valence-corrected chi connectivity index (χ4v) is 1.37. The summed E-state index contributed by atoms with van der Waals surface area (Å²) < 4.78 is 10.2. The standard InChI is InChI=1S/C7H15NO2.C2H6/c1-9-7(10-2)6-4-3-5-8-6;1-2/h6-8H,3-5H2,1-2H3;1-2H3. The van der Waals surface area contributed by atoms with Crippen LogP contribution in [-0.4, -0.2) is 33.1 Å². The van der Waals surface area contributed by atoms with E-state index in [1.54, 1.807) is 14.2 Å². The summed E-state index contributed by atoms with van der Waals surface area (Å²) in [5.41, 5.74) is 0. The molecule has 0 aromatic carbocycles. The summed E-state index contributed by atoms with van der Waals surface area (Å²) in [6.45, 7) is 5.09. The number of ether oxygens (including phenoxy) is 2. The summed E-state index contributed by atoms with van der Waals surface area (Å²) in [5, 5.41) is 3.31. The van der Waals surface area contributed by atoms with Crippen molar-refractivity contribution in [3.8, 4) is 0 Å². The van der Waals surface area contributed by atoms with Crippen LogP contribution in [0.2, 0.25) is 0 Å². The summed E-state index contributed by atoms with van der Waals surface area (Å²) in [4.78, 5) is 0. The molecule has 1 N–H and O–H groups in total. The van der Waals surface area contributed by atoms with Gasteiger partial charge in [0.1, 0.15) is 0 Å². The SMILES string of the molecule is CC.COC(OC)C1CCCN1. The predicted molar refractivity (Wildman–Crippen MR) is 50.2 cm³/mol. The van der Waals surface area contributed by atoms with Gasteiger partial charge in [-0.15, -0.1) is 0 Å². The van der Waals surface area contributed by atoms with Gasteiger partial charge in [-0.2, -0.15) is 0 Å². The molecule has 0 spiro atoms. The largest absolute Gasteiger partial charge is 0.354 e. The van der Waals surface area contributed by atoms with Crippen LogP contribution in [0.5, 0.6) is 0 Å². The second-order valence-corrected chi connectivity index (χ2v) is 2.54.